The number of benzene rings is 1. The minimum atomic E-state index is -1.10. The molecule has 2 unspecified atom stereocenters. The third kappa shape index (κ3) is 5.83. The van der Waals surface area contributed by atoms with Crippen LogP contribution in [0.15, 0.2) is 29.3 Å². The van der Waals surface area contributed by atoms with Gasteiger partial charge < -0.3 is 25.0 Å². The molecule has 0 aliphatic carbocycles. The highest BCUT2D eigenvalue weighted by Gasteiger charge is 2.36. The second kappa shape index (κ2) is 9.50. The van der Waals surface area contributed by atoms with Crippen LogP contribution in [0.1, 0.15) is 53.7 Å². The zero-order valence-corrected chi connectivity index (χ0v) is 22.2. The summed E-state index contributed by atoms with van der Waals surface area (Å²) in [7, 11) is 0. The van der Waals surface area contributed by atoms with E-state index in [2.05, 4.69) is 15.3 Å². The number of H-pyrrole nitrogens is 1. The van der Waals surface area contributed by atoms with Crippen LogP contribution in [0, 0.1) is 5.41 Å². The molecule has 9 heteroatoms. The van der Waals surface area contributed by atoms with Gasteiger partial charge in [0.05, 0.1) is 22.9 Å². The highest BCUT2D eigenvalue weighted by molar-refractivity contribution is 8.14. The Morgan fingerprint density at radius 2 is 2.00 bits per heavy atom. The average Bonchev–Trinajstić information content (AvgIpc) is 3.49. The molecule has 1 saturated heterocycles. The predicted molar refractivity (Wildman–Crippen MR) is 141 cm³/mol. The Bertz CT molecular complexity index is 1140. The van der Waals surface area contributed by atoms with Crippen molar-refractivity contribution < 1.29 is 19.4 Å². The third-order valence-corrected chi connectivity index (χ3v) is 7.24. The first-order valence-electron chi connectivity index (χ1n) is 12.1. The van der Waals surface area contributed by atoms with Crippen molar-refractivity contribution in [2.45, 2.75) is 71.8 Å². The molecule has 1 aromatic carbocycles. The maximum atomic E-state index is 12.5. The number of Topliss-reactive ketones (excluding diaryl/α,β-unsaturated/α-hetero) is 1. The van der Waals surface area contributed by atoms with Crippen molar-refractivity contribution >= 4 is 45.3 Å². The van der Waals surface area contributed by atoms with E-state index in [0.29, 0.717) is 18.8 Å². The molecule has 4 rings (SSSR count). The number of fused-ring (bicyclic) bond motifs is 1. The summed E-state index contributed by atoms with van der Waals surface area (Å²) in [6, 6.07) is 7.80. The lowest BCUT2D eigenvalue weighted by Gasteiger charge is -2.24. The number of para-hydroxylation sites is 1. The number of aromatic amines is 1. The molecule has 3 N–H and O–H groups in total. The number of thioether (sulfide) groups is 1. The Labute approximate surface area is 210 Å². The zero-order valence-electron chi connectivity index (χ0n) is 21.3. The van der Waals surface area contributed by atoms with E-state index in [0.717, 1.165) is 33.7 Å². The summed E-state index contributed by atoms with van der Waals surface area (Å²) in [6.07, 6.45) is -0.537. The average molecular weight is 501 g/mol. The van der Waals surface area contributed by atoms with Crippen LogP contribution in [0.25, 0.3) is 10.9 Å². The van der Waals surface area contributed by atoms with Gasteiger partial charge in [0.25, 0.3) is 0 Å². The Hall–Kier alpha value is -2.52. The summed E-state index contributed by atoms with van der Waals surface area (Å²) in [6.45, 7) is 12.3. The number of nitrogens with zero attached hydrogens (tertiary/aromatic N) is 2. The van der Waals surface area contributed by atoms with E-state index in [-0.39, 0.29) is 17.9 Å². The second-order valence-corrected chi connectivity index (χ2v) is 12.4. The Kier molecular flexibility index (Phi) is 6.94. The normalized spacial score (nSPS) is 21.8. The lowest BCUT2D eigenvalue weighted by Crippen LogP contribution is -2.40. The van der Waals surface area contributed by atoms with E-state index in [1.165, 1.54) is 0 Å². The van der Waals surface area contributed by atoms with Crippen molar-refractivity contribution in [3.05, 3.63) is 30.0 Å². The van der Waals surface area contributed by atoms with Crippen molar-refractivity contribution in [2.75, 3.05) is 24.2 Å². The number of likely N-dealkylation sites (tertiary alicyclic amines) is 1. The first-order chi connectivity index (χ1) is 16.3. The molecule has 1 aromatic heterocycles. The Morgan fingerprint density at radius 1 is 1.26 bits per heavy atom. The van der Waals surface area contributed by atoms with E-state index in [9.17, 15) is 14.7 Å². The molecule has 0 bridgehead atoms. The number of aliphatic hydroxyl groups is 1. The van der Waals surface area contributed by atoms with Gasteiger partial charge in [-0.1, -0.05) is 32.9 Å². The number of carbonyl (C=O) groups is 2. The molecule has 3 heterocycles. The molecule has 2 aromatic rings. The minimum absolute atomic E-state index is 0.126. The number of hydrogen-bond donors (Lipinski definition) is 3. The van der Waals surface area contributed by atoms with Crippen molar-refractivity contribution in [1.82, 2.24) is 9.88 Å². The predicted octanol–water partition coefficient (Wildman–Crippen LogP) is 4.43. The number of ketones is 1. The molecule has 2 aliphatic rings. The SMILES string of the molecule is CC(C)(C)OC(=O)N1CCC(Nc2cccc3cc(C4=N[C@H](C(O)C(=O)C(C)(C)C)CS4)[nH]c23)C1. The van der Waals surface area contributed by atoms with Crippen LogP contribution in [0.5, 0.6) is 0 Å². The first kappa shape index (κ1) is 25.6. The number of aliphatic hydroxyl groups excluding tert-OH is 1. The van der Waals surface area contributed by atoms with Gasteiger partial charge in [0.1, 0.15) is 16.7 Å². The Morgan fingerprint density at radius 3 is 2.69 bits per heavy atom. The minimum Gasteiger partial charge on any atom is -0.444 e. The van der Waals surface area contributed by atoms with Gasteiger partial charge in [-0.25, -0.2) is 4.79 Å². The van der Waals surface area contributed by atoms with Crippen LogP contribution in [-0.2, 0) is 9.53 Å². The van der Waals surface area contributed by atoms with Gasteiger partial charge in [0.2, 0.25) is 0 Å². The van der Waals surface area contributed by atoms with Gasteiger partial charge in [-0.2, -0.15) is 0 Å². The summed E-state index contributed by atoms with van der Waals surface area (Å²) in [5.41, 5.74) is 1.69. The number of aliphatic imine (C=N–C) groups is 1. The fraction of sp³-hybridized carbons (Fsp3) is 0.577. The lowest BCUT2D eigenvalue weighted by atomic mass is 9.85. The molecule has 0 spiro atoms. The molecular formula is C26H36N4O4S. The number of rotatable bonds is 5. The van der Waals surface area contributed by atoms with E-state index < -0.39 is 23.2 Å². The van der Waals surface area contributed by atoms with Crippen LogP contribution in [0.4, 0.5) is 10.5 Å². The van der Waals surface area contributed by atoms with Crippen LogP contribution >= 0.6 is 11.8 Å². The number of amides is 1. The van der Waals surface area contributed by atoms with Crippen LogP contribution in [0.3, 0.4) is 0 Å². The van der Waals surface area contributed by atoms with Crippen molar-refractivity contribution in [3.63, 3.8) is 0 Å². The second-order valence-electron chi connectivity index (χ2n) is 11.4. The van der Waals surface area contributed by atoms with Gasteiger partial charge >= 0.3 is 6.09 Å². The molecule has 1 amide bonds. The quantitative estimate of drug-likeness (QED) is 0.561. The molecule has 190 valence electrons. The Balaban J connectivity index is 1.47. The maximum absolute atomic E-state index is 12.5. The summed E-state index contributed by atoms with van der Waals surface area (Å²) >= 11 is 1.55. The highest BCUT2D eigenvalue weighted by Crippen LogP contribution is 2.32. The summed E-state index contributed by atoms with van der Waals surface area (Å²) < 4.78 is 5.51. The lowest BCUT2D eigenvalue weighted by molar-refractivity contribution is -0.135. The fourth-order valence-electron chi connectivity index (χ4n) is 4.30. The van der Waals surface area contributed by atoms with Crippen LogP contribution < -0.4 is 5.32 Å². The standard InChI is InChI=1S/C26H36N4O4S/c1-25(2,3)22(32)21(31)19-14-35-23(29-19)18-12-15-8-7-9-17(20(15)28-18)27-16-10-11-30(13-16)24(33)34-26(4,5)6/h7-9,12,16,19,21,27-28,31H,10-11,13-14H2,1-6H3/t16?,19-,21?/m0/s1. The van der Waals surface area contributed by atoms with Crippen LogP contribution in [0.2, 0.25) is 0 Å². The highest BCUT2D eigenvalue weighted by atomic mass is 32.2. The molecule has 8 nitrogen and oxygen atoms in total. The number of aromatic nitrogens is 1. The van der Waals surface area contributed by atoms with Gasteiger partial charge in [-0.15, -0.1) is 11.8 Å². The molecule has 0 saturated carbocycles. The number of nitrogens with one attached hydrogen (secondary N) is 2. The molecule has 2 aliphatic heterocycles. The first-order valence-corrected chi connectivity index (χ1v) is 13.1. The number of anilines is 1. The molecule has 3 atom stereocenters. The van der Waals surface area contributed by atoms with E-state index >= 15 is 0 Å². The molecule has 0 radical (unpaired) electrons. The molecular weight excluding hydrogens is 464 g/mol. The smallest absolute Gasteiger partial charge is 0.410 e. The molecule has 35 heavy (non-hydrogen) atoms. The van der Waals surface area contributed by atoms with E-state index in [1.54, 1.807) is 16.7 Å². The van der Waals surface area contributed by atoms with Gasteiger partial charge in [0.15, 0.2) is 5.78 Å². The number of ether oxygens (including phenoxy) is 1. The summed E-state index contributed by atoms with van der Waals surface area (Å²) in [4.78, 5) is 34.8. The van der Waals surface area contributed by atoms with Crippen molar-refractivity contribution in [1.29, 1.82) is 0 Å². The monoisotopic (exact) mass is 500 g/mol. The van der Waals surface area contributed by atoms with Crippen molar-refractivity contribution in [3.8, 4) is 0 Å². The zero-order chi connectivity index (χ0) is 25.5. The molecule has 1 fully saturated rings. The number of hydrogen-bond acceptors (Lipinski definition) is 7. The van der Waals surface area contributed by atoms with Gasteiger partial charge in [-0.05, 0) is 39.3 Å². The largest absolute Gasteiger partial charge is 0.444 e. The van der Waals surface area contributed by atoms with Crippen LogP contribution in [-0.4, -0.2) is 74.5 Å². The van der Waals surface area contributed by atoms with E-state index in [4.69, 9.17) is 4.74 Å². The fourth-order valence-corrected chi connectivity index (χ4v) is 5.36. The van der Waals surface area contributed by atoms with Gasteiger partial charge in [0, 0.05) is 35.7 Å². The number of carbonyl (C=O) groups excluding carboxylic acids is 2. The van der Waals surface area contributed by atoms with Gasteiger partial charge in [-0.3, -0.25) is 9.79 Å². The third-order valence-electron chi connectivity index (χ3n) is 6.13. The van der Waals surface area contributed by atoms with Crippen molar-refractivity contribution in [2.24, 2.45) is 10.4 Å². The summed E-state index contributed by atoms with van der Waals surface area (Å²) in [5, 5.41) is 16.0. The summed E-state index contributed by atoms with van der Waals surface area (Å²) in [5.74, 6) is 0.384. The van der Waals surface area contributed by atoms with E-state index in [1.807, 2.05) is 65.8 Å². The maximum Gasteiger partial charge on any atom is 0.410 e. The topological polar surface area (TPSA) is 107 Å².